The third-order valence-electron chi connectivity index (χ3n) is 5.58. The van der Waals surface area contributed by atoms with Crippen LogP contribution in [-0.2, 0) is 10.3 Å². The summed E-state index contributed by atoms with van der Waals surface area (Å²) in [6.07, 6.45) is 1.78. The first-order valence-electron chi connectivity index (χ1n) is 9.12. The molecule has 0 bridgehead atoms. The van der Waals surface area contributed by atoms with E-state index in [9.17, 15) is 14.0 Å². The molecule has 2 aliphatic rings. The SMILES string of the molecule is O=C1C=C(c2ccccc2)C[C@]2(c3ccccc3F)C(=O)c3ccccc3N12. The van der Waals surface area contributed by atoms with Crippen molar-refractivity contribution in [1.29, 1.82) is 0 Å². The first-order valence-corrected chi connectivity index (χ1v) is 9.12. The highest BCUT2D eigenvalue weighted by atomic mass is 19.1. The number of nitrogens with zero attached hydrogens (tertiary/aromatic N) is 1. The molecule has 136 valence electrons. The largest absolute Gasteiger partial charge is 0.291 e. The summed E-state index contributed by atoms with van der Waals surface area (Å²) in [5.74, 6) is -1.05. The summed E-state index contributed by atoms with van der Waals surface area (Å²) in [5, 5.41) is 0. The van der Waals surface area contributed by atoms with Gasteiger partial charge < -0.3 is 0 Å². The predicted molar refractivity (Wildman–Crippen MR) is 105 cm³/mol. The Kier molecular flexibility index (Phi) is 3.56. The lowest BCUT2D eigenvalue weighted by molar-refractivity contribution is -0.115. The zero-order valence-corrected chi connectivity index (χ0v) is 14.9. The molecule has 1 amide bonds. The van der Waals surface area contributed by atoms with Gasteiger partial charge in [0.1, 0.15) is 11.4 Å². The average Bonchev–Trinajstić information content (AvgIpc) is 2.99. The third kappa shape index (κ3) is 2.15. The molecule has 2 aliphatic heterocycles. The summed E-state index contributed by atoms with van der Waals surface area (Å²) in [5.41, 5.74) is 1.38. The molecule has 0 fully saturated rings. The molecule has 0 aromatic heterocycles. The number of para-hydroxylation sites is 1. The molecule has 0 aliphatic carbocycles. The molecular weight excluding hydrogens is 353 g/mol. The third-order valence-corrected chi connectivity index (χ3v) is 5.58. The fraction of sp³-hybridized carbons (Fsp3) is 0.0833. The summed E-state index contributed by atoms with van der Waals surface area (Å²) in [6, 6.07) is 22.7. The van der Waals surface area contributed by atoms with Gasteiger partial charge in [0.25, 0.3) is 5.91 Å². The van der Waals surface area contributed by atoms with Crippen molar-refractivity contribution in [2.75, 3.05) is 4.90 Å². The highest BCUT2D eigenvalue weighted by molar-refractivity contribution is 6.25. The number of hydrogen-bond acceptors (Lipinski definition) is 2. The van der Waals surface area contributed by atoms with E-state index in [2.05, 4.69) is 0 Å². The molecule has 3 aromatic rings. The zero-order chi connectivity index (χ0) is 19.3. The van der Waals surface area contributed by atoms with Crippen molar-refractivity contribution in [2.24, 2.45) is 0 Å². The van der Waals surface area contributed by atoms with Crippen LogP contribution in [0.1, 0.15) is 27.9 Å². The van der Waals surface area contributed by atoms with Crippen molar-refractivity contribution < 1.29 is 14.0 Å². The molecule has 3 aromatic carbocycles. The molecular formula is C24H16FNO2. The number of carbonyl (C=O) groups excluding carboxylic acids is 2. The van der Waals surface area contributed by atoms with E-state index in [1.165, 1.54) is 11.0 Å². The first-order chi connectivity index (χ1) is 13.6. The van der Waals surface area contributed by atoms with Crippen LogP contribution in [0.15, 0.2) is 84.9 Å². The highest BCUT2D eigenvalue weighted by Crippen LogP contribution is 2.52. The van der Waals surface area contributed by atoms with Crippen LogP contribution in [-0.4, -0.2) is 11.7 Å². The van der Waals surface area contributed by atoms with Crippen LogP contribution in [0.25, 0.3) is 5.57 Å². The van der Waals surface area contributed by atoms with Gasteiger partial charge >= 0.3 is 0 Å². The number of hydrogen-bond donors (Lipinski definition) is 0. The predicted octanol–water partition coefficient (Wildman–Crippen LogP) is 4.74. The minimum absolute atomic E-state index is 0.219. The Morgan fingerprint density at radius 3 is 2.29 bits per heavy atom. The standard InChI is InChI=1S/C24H16FNO2/c25-20-12-6-5-11-19(20)24-15-17(16-8-2-1-3-9-16)14-22(27)26(24)21-13-7-4-10-18(21)23(24)28/h1-14H,15H2/t24-/m0/s1. The number of anilines is 1. The minimum atomic E-state index is -1.41. The van der Waals surface area contributed by atoms with Gasteiger partial charge in [-0.15, -0.1) is 0 Å². The minimum Gasteiger partial charge on any atom is -0.291 e. The van der Waals surface area contributed by atoms with E-state index in [-0.39, 0.29) is 23.7 Å². The lowest BCUT2D eigenvalue weighted by Crippen LogP contribution is -2.53. The number of ketones is 1. The molecule has 0 saturated heterocycles. The van der Waals surface area contributed by atoms with Crippen LogP contribution in [0.3, 0.4) is 0 Å². The maximum absolute atomic E-state index is 15.0. The van der Waals surface area contributed by atoms with Gasteiger partial charge in [-0.2, -0.15) is 0 Å². The Morgan fingerprint density at radius 2 is 1.50 bits per heavy atom. The van der Waals surface area contributed by atoms with Gasteiger partial charge in [0, 0.05) is 23.6 Å². The number of halogens is 1. The summed E-state index contributed by atoms with van der Waals surface area (Å²) < 4.78 is 15.0. The van der Waals surface area contributed by atoms with Crippen LogP contribution in [0.2, 0.25) is 0 Å². The van der Waals surface area contributed by atoms with Crippen LogP contribution in [0.4, 0.5) is 10.1 Å². The fourth-order valence-electron chi connectivity index (χ4n) is 4.37. The lowest BCUT2D eigenvalue weighted by atomic mass is 9.76. The molecule has 0 N–H and O–H groups in total. The van der Waals surface area contributed by atoms with Crippen molar-refractivity contribution in [3.63, 3.8) is 0 Å². The van der Waals surface area contributed by atoms with Crippen LogP contribution >= 0.6 is 0 Å². The number of carbonyl (C=O) groups is 2. The van der Waals surface area contributed by atoms with Crippen LogP contribution in [0.5, 0.6) is 0 Å². The Morgan fingerprint density at radius 1 is 0.821 bits per heavy atom. The van der Waals surface area contributed by atoms with Crippen molar-refractivity contribution in [3.8, 4) is 0 Å². The molecule has 5 rings (SSSR count). The van der Waals surface area contributed by atoms with Crippen molar-refractivity contribution in [3.05, 3.63) is 107 Å². The number of benzene rings is 3. The van der Waals surface area contributed by atoms with E-state index in [0.29, 0.717) is 11.3 Å². The molecule has 2 heterocycles. The molecule has 1 atom stereocenters. The van der Waals surface area contributed by atoms with E-state index in [1.54, 1.807) is 48.5 Å². The van der Waals surface area contributed by atoms with Crippen LogP contribution < -0.4 is 4.90 Å². The quantitative estimate of drug-likeness (QED) is 0.654. The van der Waals surface area contributed by atoms with Gasteiger partial charge in [-0.1, -0.05) is 60.7 Å². The van der Waals surface area contributed by atoms with Gasteiger partial charge in [-0.25, -0.2) is 4.39 Å². The summed E-state index contributed by atoms with van der Waals surface area (Å²) in [7, 11) is 0. The molecule has 0 radical (unpaired) electrons. The Bertz CT molecular complexity index is 1150. The number of rotatable bonds is 2. The zero-order valence-electron chi connectivity index (χ0n) is 14.9. The van der Waals surface area contributed by atoms with Gasteiger partial charge in [0.2, 0.25) is 0 Å². The Labute approximate surface area is 161 Å². The van der Waals surface area contributed by atoms with Gasteiger partial charge in [0.15, 0.2) is 5.78 Å². The molecule has 0 spiro atoms. The van der Waals surface area contributed by atoms with E-state index in [1.807, 2.05) is 30.3 Å². The second kappa shape index (κ2) is 5.99. The Hall–Kier alpha value is -3.53. The smallest absolute Gasteiger partial charge is 0.252 e. The average molecular weight is 369 g/mol. The topological polar surface area (TPSA) is 37.4 Å². The molecule has 0 saturated carbocycles. The van der Waals surface area contributed by atoms with E-state index >= 15 is 0 Å². The van der Waals surface area contributed by atoms with Crippen molar-refractivity contribution in [1.82, 2.24) is 0 Å². The van der Waals surface area contributed by atoms with E-state index < -0.39 is 11.4 Å². The second-order valence-electron chi connectivity index (χ2n) is 7.07. The van der Waals surface area contributed by atoms with Gasteiger partial charge in [-0.05, 0) is 29.3 Å². The molecule has 28 heavy (non-hydrogen) atoms. The van der Waals surface area contributed by atoms with Crippen molar-refractivity contribution >= 4 is 23.0 Å². The summed E-state index contributed by atoms with van der Waals surface area (Å²) in [6.45, 7) is 0. The van der Waals surface area contributed by atoms with E-state index in [0.717, 1.165) is 11.1 Å². The molecule has 4 heteroatoms. The van der Waals surface area contributed by atoms with Crippen molar-refractivity contribution in [2.45, 2.75) is 12.0 Å². The van der Waals surface area contributed by atoms with E-state index in [4.69, 9.17) is 0 Å². The monoisotopic (exact) mass is 369 g/mol. The molecule has 0 unspecified atom stereocenters. The maximum atomic E-state index is 15.0. The maximum Gasteiger partial charge on any atom is 0.252 e. The number of Topliss-reactive ketones (excluding diaryl/α,β-unsaturated/α-hetero) is 1. The highest BCUT2D eigenvalue weighted by Gasteiger charge is 2.57. The summed E-state index contributed by atoms with van der Waals surface area (Å²) >= 11 is 0. The first kappa shape index (κ1) is 16.6. The lowest BCUT2D eigenvalue weighted by Gasteiger charge is -2.41. The second-order valence-corrected chi connectivity index (χ2v) is 7.07. The van der Waals surface area contributed by atoms with Crippen LogP contribution in [0, 0.1) is 5.82 Å². The van der Waals surface area contributed by atoms with Gasteiger partial charge in [-0.3, -0.25) is 14.5 Å². The van der Waals surface area contributed by atoms with Gasteiger partial charge in [0.05, 0.1) is 5.69 Å². The fourth-order valence-corrected chi connectivity index (χ4v) is 4.37. The number of amides is 1. The molecule has 3 nitrogen and oxygen atoms in total. The normalized spacial score (nSPS) is 20.6. The summed E-state index contributed by atoms with van der Waals surface area (Å²) in [4.78, 5) is 28.3. The number of fused-ring (bicyclic) bond motifs is 3. The Balaban J connectivity index is 1.79.